The van der Waals surface area contributed by atoms with Crippen molar-refractivity contribution in [2.24, 2.45) is 0 Å². The molecule has 1 unspecified atom stereocenters. The number of hydrogen-bond donors (Lipinski definition) is 1. The third-order valence-electron chi connectivity index (χ3n) is 2.55. The molecule has 1 aromatic carbocycles. The Balaban J connectivity index is 3.18. The Morgan fingerprint density at radius 3 is 2.50 bits per heavy atom. The molecule has 1 rings (SSSR count). The normalized spacial score (nSPS) is 12.6. The number of aliphatic hydroxyl groups excluding tert-OH is 1. The van der Waals surface area contributed by atoms with Crippen molar-refractivity contribution < 1.29 is 23.4 Å². The molecule has 18 heavy (non-hydrogen) atoms. The molecule has 0 aromatic heterocycles. The highest BCUT2D eigenvalue weighted by Crippen LogP contribution is 2.26. The van der Waals surface area contributed by atoms with Crippen LogP contribution in [0.5, 0.6) is 0 Å². The summed E-state index contributed by atoms with van der Waals surface area (Å²) in [5, 5.41) is 9.65. The van der Waals surface area contributed by atoms with Gasteiger partial charge in [-0.3, -0.25) is 0 Å². The number of ether oxygens (including phenoxy) is 1. The second kappa shape index (κ2) is 5.91. The predicted octanol–water partition coefficient (Wildman–Crippen LogP) is 2.68. The molecule has 0 saturated carbocycles. The Morgan fingerprint density at radius 1 is 1.39 bits per heavy atom. The van der Waals surface area contributed by atoms with Gasteiger partial charge in [-0.2, -0.15) is 0 Å². The van der Waals surface area contributed by atoms with Gasteiger partial charge in [0.1, 0.15) is 0 Å². The SMILES string of the molecule is CCOC(=O)C(O)c1cc(C(C)C)cc(F)c1F. The minimum absolute atomic E-state index is 0.0479. The zero-order valence-corrected chi connectivity index (χ0v) is 10.5. The lowest BCUT2D eigenvalue weighted by molar-refractivity contribution is -0.153. The van der Waals surface area contributed by atoms with Crippen molar-refractivity contribution in [1.29, 1.82) is 0 Å². The molecular formula is C13H16F2O3. The van der Waals surface area contributed by atoms with Crippen molar-refractivity contribution in [3.05, 3.63) is 34.9 Å². The Hall–Kier alpha value is -1.49. The molecule has 0 spiro atoms. The third kappa shape index (κ3) is 3.04. The fourth-order valence-corrected chi connectivity index (χ4v) is 1.51. The topological polar surface area (TPSA) is 46.5 Å². The molecule has 0 aliphatic heterocycles. The van der Waals surface area contributed by atoms with Gasteiger partial charge >= 0.3 is 5.97 Å². The van der Waals surface area contributed by atoms with Gasteiger partial charge in [0.2, 0.25) is 0 Å². The zero-order valence-electron chi connectivity index (χ0n) is 10.5. The maximum absolute atomic E-state index is 13.6. The Bertz CT molecular complexity index is 444. The first-order valence-electron chi connectivity index (χ1n) is 5.72. The number of hydrogen-bond acceptors (Lipinski definition) is 3. The second-order valence-electron chi connectivity index (χ2n) is 4.22. The van der Waals surface area contributed by atoms with Crippen LogP contribution in [0, 0.1) is 11.6 Å². The summed E-state index contributed by atoms with van der Waals surface area (Å²) in [7, 11) is 0. The summed E-state index contributed by atoms with van der Waals surface area (Å²) >= 11 is 0. The largest absolute Gasteiger partial charge is 0.464 e. The van der Waals surface area contributed by atoms with E-state index in [1.807, 2.05) is 0 Å². The van der Waals surface area contributed by atoms with Crippen LogP contribution in [0.15, 0.2) is 12.1 Å². The molecule has 0 amide bonds. The first kappa shape index (κ1) is 14.6. The van der Waals surface area contributed by atoms with Crippen LogP contribution in [0.25, 0.3) is 0 Å². The smallest absolute Gasteiger partial charge is 0.339 e. The molecule has 5 heteroatoms. The van der Waals surface area contributed by atoms with Gasteiger partial charge in [0, 0.05) is 5.56 Å². The number of carbonyl (C=O) groups excluding carboxylic acids is 1. The highest BCUT2D eigenvalue weighted by molar-refractivity contribution is 5.76. The summed E-state index contributed by atoms with van der Waals surface area (Å²) in [6.07, 6.45) is -1.81. The number of aliphatic hydroxyl groups is 1. The molecule has 0 aliphatic carbocycles. The predicted molar refractivity (Wildman–Crippen MR) is 62.0 cm³/mol. The lowest BCUT2D eigenvalue weighted by Gasteiger charge is -2.14. The van der Waals surface area contributed by atoms with Crippen molar-refractivity contribution in [3.8, 4) is 0 Å². The monoisotopic (exact) mass is 258 g/mol. The Morgan fingerprint density at radius 2 is 2.00 bits per heavy atom. The van der Waals surface area contributed by atoms with Crippen LogP contribution in [0.4, 0.5) is 8.78 Å². The molecule has 0 bridgehead atoms. The van der Waals surface area contributed by atoms with E-state index < -0.39 is 29.3 Å². The number of esters is 1. The average molecular weight is 258 g/mol. The van der Waals surface area contributed by atoms with Gasteiger partial charge in [-0.1, -0.05) is 13.8 Å². The maximum atomic E-state index is 13.6. The molecule has 0 saturated heterocycles. The van der Waals surface area contributed by atoms with Crippen LogP contribution in [0.2, 0.25) is 0 Å². The summed E-state index contributed by atoms with van der Waals surface area (Å²) in [4.78, 5) is 11.3. The molecule has 0 radical (unpaired) electrons. The number of halogens is 2. The van der Waals surface area contributed by atoms with Crippen LogP contribution in [0.1, 0.15) is 43.9 Å². The minimum Gasteiger partial charge on any atom is -0.464 e. The summed E-state index contributed by atoms with van der Waals surface area (Å²) in [6, 6.07) is 2.34. The second-order valence-corrected chi connectivity index (χ2v) is 4.22. The highest BCUT2D eigenvalue weighted by atomic mass is 19.2. The molecule has 1 atom stereocenters. The van der Waals surface area contributed by atoms with Crippen LogP contribution in [0.3, 0.4) is 0 Å². The van der Waals surface area contributed by atoms with Crippen LogP contribution in [-0.2, 0) is 9.53 Å². The van der Waals surface area contributed by atoms with E-state index in [0.29, 0.717) is 5.56 Å². The van der Waals surface area contributed by atoms with Gasteiger partial charge in [0.25, 0.3) is 0 Å². The van der Waals surface area contributed by atoms with E-state index in [4.69, 9.17) is 0 Å². The first-order valence-corrected chi connectivity index (χ1v) is 5.72. The molecule has 100 valence electrons. The lowest BCUT2D eigenvalue weighted by Crippen LogP contribution is -2.17. The summed E-state index contributed by atoms with van der Waals surface area (Å²) in [5.41, 5.74) is 0.115. The molecule has 0 fully saturated rings. The van der Waals surface area contributed by atoms with Gasteiger partial charge in [0.05, 0.1) is 6.61 Å². The van der Waals surface area contributed by atoms with Gasteiger partial charge in [0.15, 0.2) is 17.7 Å². The van der Waals surface area contributed by atoms with E-state index in [-0.39, 0.29) is 12.5 Å². The minimum atomic E-state index is -1.81. The van der Waals surface area contributed by atoms with Crippen LogP contribution in [-0.4, -0.2) is 17.7 Å². The summed E-state index contributed by atoms with van der Waals surface area (Å²) in [5.74, 6) is -3.34. The Labute approximate surface area is 104 Å². The van der Waals surface area contributed by atoms with Crippen molar-refractivity contribution in [1.82, 2.24) is 0 Å². The van der Waals surface area contributed by atoms with Crippen molar-refractivity contribution >= 4 is 5.97 Å². The van der Waals surface area contributed by atoms with Crippen molar-refractivity contribution in [2.45, 2.75) is 32.8 Å². The third-order valence-corrected chi connectivity index (χ3v) is 2.55. The standard InChI is InChI=1S/C13H16F2O3/c1-4-18-13(17)12(16)9-5-8(7(2)3)6-10(14)11(9)15/h5-7,12,16H,4H2,1-3H3. The molecular weight excluding hydrogens is 242 g/mol. The van der Waals surface area contributed by atoms with E-state index in [2.05, 4.69) is 4.74 Å². The van der Waals surface area contributed by atoms with Gasteiger partial charge < -0.3 is 9.84 Å². The fraction of sp³-hybridized carbons (Fsp3) is 0.462. The number of carbonyl (C=O) groups is 1. The van der Waals surface area contributed by atoms with Gasteiger partial charge in [-0.15, -0.1) is 0 Å². The molecule has 1 aromatic rings. The summed E-state index contributed by atoms with van der Waals surface area (Å²) < 4.78 is 31.5. The highest BCUT2D eigenvalue weighted by Gasteiger charge is 2.25. The molecule has 1 N–H and O–H groups in total. The zero-order chi connectivity index (χ0) is 13.9. The van der Waals surface area contributed by atoms with E-state index in [9.17, 15) is 18.7 Å². The van der Waals surface area contributed by atoms with E-state index >= 15 is 0 Å². The van der Waals surface area contributed by atoms with Gasteiger partial charge in [-0.25, -0.2) is 13.6 Å². The molecule has 0 heterocycles. The number of rotatable bonds is 4. The van der Waals surface area contributed by atoms with Crippen molar-refractivity contribution in [3.63, 3.8) is 0 Å². The quantitative estimate of drug-likeness (QED) is 0.844. The first-order chi connectivity index (χ1) is 8.38. The van der Waals surface area contributed by atoms with Gasteiger partial charge in [-0.05, 0) is 30.5 Å². The van der Waals surface area contributed by atoms with E-state index in [1.165, 1.54) is 6.07 Å². The summed E-state index contributed by atoms with van der Waals surface area (Å²) in [6.45, 7) is 5.22. The van der Waals surface area contributed by atoms with Crippen LogP contribution < -0.4 is 0 Å². The molecule has 0 aliphatic rings. The average Bonchev–Trinajstić information content (AvgIpc) is 2.31. The lowest BCUT2D eigenvalue weighted by atomic mass is 9.98. The number of benzene rings is 1. The van der Waals surface area contributed by atoms with Crippen molar-refractivity contribution in [2.75, 3.05) is 6.61 Å². The molecule has 3 nitrogen and oxygen atoms in total. The fourth-order valence-electron chi connectivity index (χ4n) is 1.51. The Kier molecular flexibility index (Phi) is 4.78. The van der Waals surface area contributed by atoms with E-state index in [1.54, 1.807) is 20.8 Å². The maximum Gasteiger partial charge on any atom is 0.339 e. The van der Waals surface area contributed by atoms with E-state index in [0.717, 1.165) is 6.07 Å². The van der Waals surface area contributed by atoms with Crippen LogP contribution >= 0.6 is 0 Å².